The number of anilines is 1. The standard InChI is InChI=1S/C29H37ClN4O/c1-32-14-16-34(17-15-32)20-22-2-3-26-19-28(9-6-25(26)18-22)31-29(35)21-33-12-10-24(11-13-33)23-4-7-27(30)8-5-23/h4-9,18-19,24H,2-3,10-17,20-21H2,1H3,(H,31,35). The summed E-state index contributed by atoms with van der Waals surface area (Å²) in [5, 5.41) is 3.93. The number of halogens is 1. The maximum Gasteiger partial charge on any atom is 0.238 e. The zero-order valence-corrected chi connectivity index (χ0v) is 21.6. The maximum absolute atomic E-state index is 12.7. The molecular formula is C29H37ClN4O. The predicted octanol–water partition coefficient (Wildman–Crippen LogP) is 4.74. The van der Waals surface area contributed by atoms with Gasteiger partial charge in [-0.15, -0.1) is 0 Å². The van der Waals surface area contributed by atoms with Gasteiger partial charge in [0.1, 0.15) is 0 Å². The van der Waals surface area contributed by atoms with E-state index >= 15 is 0 Å². The summed E-state index contributed by atoms with van der Waals surface area (Å²) in [6.45, 7) is 8.08. The average molecular weight is 493 g/mol. The number of amides is 1. The van der Waals surface area contributed by atoms with Crippen molar-refractivity contribution in [3.05, 3.63) is 69.8 Å². The number of fused-ring (bicyclic) bond motifs is 1. The topological polar surface area (TPSA) is 38.8 Å². The molecule has 2 heterocycles. The number of carbonyl (C=O) groups is 1. The first-order chi connectivity index (χ1) is 17.0. The summed E-state index contributed by atoms with van der Waals surface area (Å²) in [5.74, 6) is 0.637. The van der Waals surface area contributed by atoms with Gasteiger partial charge in [-0.05, 0) is 92.7 Å². The van der Waals surface area contributed by atoms with Crippen molar-refractivity contribution in [3.63, 3.8) is 0 Å². The number of piperazine rings is 1. The van der Waals surface area contributed by atoms with E-state index in [0.717, 1.165) is 82.2 Å². The van der Waals surface area contributed by atoms with Gasteiger partial charge < -0.3 is 10.2 Å². The number of carbonyl (C=O) groups excluding carboxylic acids is 1. The largest absolute Gasteiger partial charge is 0.325 e. The summed E-state index contributed by atoms with van der Waals surface area (Å²) in [6.07, 6.45) is 6.69. The summed E-state index contributed by atoms with van der Waals surface area (Å²) in [6, 6.07) is 14.6. The summed E-state index contributed by atoms with van der Waals surface area (Å²) < 4.78 is 0. The Kier molecular flexibility index (Phi) is 7.88. The number of hydrogen-bond donors (Lipinski definition) is 1. The number of benzene rings is 2. The third-order valence-corrected chi connectivity index (χ3v) is 8.07. The van der Waals surface area contributed by atoms with Crippen molar-refractivity contribution in [1.82, 2.24) is 14.7 Å². The Morgan fingerprint density at radius 1 is 0.943 bits per heavy atom. The molecule has 0 spiro atoms. The first-order valence-electron chi connectivity index (χ1n) is 13.0. The second kappa shape index (κ2) is 11.3. The van der Waals surface area contributed by atoms with E-state index in [1.165, 1.54) is 22.3 Å². The van der Waals surface area contributed by atoms with Crippen molar-refractivity contribution in [3.8, 4) is 0 Å². The number of piperidine rings is 1. The minimum Gasteiger partial charge on any atom is -0.325 e. The fourth-order valence-electron chi connectivity index (χ4n) is 5.61. The molecule has 2 aliphatic heterocycles. The Bertz CT molecular complexity index is 1050. The predicted molar refractivity (Wildman–Crippen MR) is 145 cm³/mol. The van der Waals surface area contributed by atoms with Gasteiger partial charge in [0.15, 0.2) is 0 Å². The molecule has 3 aliphatic rings. The lowest BCUT2D eigenvalue weighted by Crippen LogP contribution is -2.45. The van der Waals surface area contributed by atoms with Crippen LogP contribution < -0.4 is 5.32 Å². The highest BCUT2D eigenvalue weighted by Crippen LogP contribution is 2.29. The van der Waals surface area contributed by atoms with Crippen molar-refractivity contribution in [2.75, 3.05) is 64.7 Å². The Hall–Kier alpha value is -2.18. The van der Waals surface area contributed by atoms with Crippen LogP contribution in [0.4, 0.5) is 5.69 Å². The Labute approximate surface area is 214 Å². The normalized spacial score (nSPS) is 20.3. The Morgan fingerprint density at radius 3 is 2.43 bits per heavy atom. The maximum atomic E-state index is 12.7. The van der Waals surface area contributed by atoms with Crippen LogP contribution in [-0.4, -0.2) is 80.0 Å². The van der Waals surface area contributed by atoms with E-state index in [-0.39, 0.29) is 5.91 Å². The lowest BCUT2D eigenvalue weighted by Gasteiger charge is -2.33. The Balaban J connectivity index is 1.10. The molecule has 186 valence electrons. The highest BCUT2D eigenvalue weighted by Gasteiger charge is 2.22. The molecule has 1 aliphatic carbocycles. The second-order valence-corrected chi connectivity index (χ2v) is 10.9. The fourth-order valence-corrected chi connectivity index (χ4v) is 5.73. The van der Waals surface area contributed by atoms with E-state index in [9.17, 15) is 4.79 Å². The van der Waals surface area contributed by atoms with Crippen molar-refractivity contribution in [2.45, 2.75) is 31.6 Å². The quantitative estimate of drug-likeness (QED) is 0.632. The molecule has 0 bridgehead atoms. The molecule has 2 fully saturated rings. The first kappa shape index (κ1) is 24.5. The fraction of sp³-hybridized carbons (Fsp3) is 0.483. The van der Waals surface area contributed by atoms with Gasteiger partial charge in [-0.2, -0.15) is 0 Å². The third kappa shape index (κ3) is 6.53. The van der Waals surface area contributed by atoms with Crippen LogP contribution in [0.25, 0.3) is 6.08 Å². The van der Waals surface area contributed by atoms with Crippen LogP contribution in [0.1, 0.15) is 41.9 Å². The molecule has 1 N–H and O–H groups in total. The molecule has 2 aromatic carbocycles. The molecular weight excluding hydrogens is 456 g/mol. The number of aryl methyl sites for hydroxylation is 1. The van der Waals surface area contributed by atoms with Gasteiger partial charge in [0.05, 0.1) is 6.54 Å². The van der Waals surface area contributed by atoms with Gasteiger partial charge in [0.25, 0.3) is 0 Å². The van der Waals surface area contributed by atoms with E-state index in [2.05, 4.69) is 63.5 Å². The molecule has 2 saturated heterocycles. The van der Waals surface area contributed by atoms with Crippen molar-refractivity contribution < 1.29 is 4.79 Å². The molecule has 5 nitrogen and oxygen atoms in total. The smallest absolute Gasteiger partial charge is 0.238 e. The highest BCUT2D eigenvalue weighted by molar-refractivity contribution is 6.30. The van der Waals surface area contributed by atoms with E-state index in [1.54, 1.807) is 0 Å². The minimum absolute atomic E-state index is 0.0806. The molecule has 1 amide bonds. The zero-order valence-electron chi connectivity index (χ0n) is 20.8. The molecule has 0 saturated carbocycles. The molecule has 0 atom stereocenters. The van der Waals surface area contributed by atoms with Gasteiger partial charge in [-0.1, -0.05) is 41.4 Å². The number of likely N-dealkylation sites (N-methyl/N-ethyl adjacent to an activating group) is 1. The van der Waals surface area contributed by atoms with Crippen LogP contribution in [0.15, 0.2) is 48.0 Å². The average Bonchev–Trinajstić information content (AvgIpc) is 2.86. The van der Waals surface area contributed by atoms with Crippen LogP contribution in [0, 0.1) is 0 Å². The zero-order chi connectivity index (χ0) is 24.2. The van der Waals surface area contributed by atoms with E-state index in [0.29, 0.717) is 12.5 Å². The van der Waals surface area contributed by atoms with Crippen molar-refractivity contribution >= 4 is 29.3 Å². The van der Waals surface area contributed by atoms with Gasteiger partial charge in [-0.3, -0.25) is 14.6 Å². The summed E-state index contributed by atoms with van der Waals surface area (Å²) in [4.78, 5) is 20.0. The van der Waals surface area contributed by atoms with Gasteiger partial charge in [0, 0.05) is 43.4 Å². The minimum atomic E-state index is 0.0806. The summed E-state index contributed by atoms with van der Waals surface area (Å²) in [5.41, 5.74) is 6.45. The molecule has 0 radical (unpaired) electrons. The Morgan fingerprint density at radius 2 is 1.69 bits per heavy atom. The molecule has 2 aromatic rings. The lowest BCUT2D eigenvalue weighted by molar-refractivity contribution is -0.117. The van der Waals surface area contributed by atoms with Crippen LogP contribution in [-0.2, 0) is 11.2 Å². The summed E-state index contributed by atoms with van der Waals surface area (Å²) in [7, 11) is 2.20. The molecule has 6 heteroatoms. The molecule has 0 aromatic heterocycles. The van der Waals surface area contributed by atoms with E-state index in [1.807, 2.05) is 12.1 Å². The number of nitrogens with one attached hydrogen (secondary N) is 1. The van der Waals surface area contributed by atoms with Gasteiger partial charge in [-0.25, -0.2) is 0 Å². The van der Waals surface area contributed by atoms with Crippen LogP contribution in [0.3, 0.4) is 0 Å². The highest BCUT2D eigenvalue weighted by atomic mass is 35.5. The molecule has 0 unspecified atom stereocenters. The second-order valence-electron chi connectivity index (χ2n) is 10.4. The lowest BCUT2D eigenvalue weighted by atomic mass is 9.89. The van der Waals surface area contributed by atoms with Crippen LogP contribution in [0.2, 0.25) is 5.02 Å². The number of likely N-dealkylation sites (tertiary alicyclic amines) is 1. The number of hydrogen-bond acceptors (Lipinski definition) is 4. The molecule has 35 heavy (non-hydrogen) atoms. The number of nitrogens with zero attached hydrogens (tertiary/aromatic N) is 3. The third-order valence-electron chi connectivity index (χ3n) is 7.82. The van der Waals surface area contributed by atoms with Crippen LogP contribution >= 0.6 is 11.6 Å². The van der Waals surface area contributed by atoms with Crippen LogP contribution in [0.5, 0.6) is 0 Å². The molecule has 5 rings (SSSR count). The number of rotatable bonds is 6. The summed E-state index contributed by atoms with van der Waals surface area (Å²) >= 11 is 6.02. The SMILES string of the molecule is CN1CCN(CC2=Cc3ccc(NC(=O)CN4CCC(c5ccc(Cl)cc5)CC4)cc3CC2)CC1. The first-order valence-corrected chi connectivity index (χ1v) is 13.4. The monoisotopic (exact) mass is 492 g/mol. The van der Waals surface area contributed by atoms with Gasteiger partial charge in [0.2, 0.25) is 5.91 Å². The van der Waals surface area contributed by atoms with E-state index < -0.39 is 0 Å². The van der Waals surface area contributed by atoms with Crippen molar-refractivity contribution in [1.29, 1.82) is 0 Å². The van der Waals surface area contributed by atoms with Crippen molar-refractivity contribution in [2.24, 2.45) is 0 Å². The van der Waals surface area contributed by atoms with E-state index in [4.69, 9.17) is 11.6 Å². The van der Waals surface area contributed by atoms with Gasteiger partial charge >= 0.3 is 0 Å².